The number of halogens is 4. The Morgan fingerprint density at radius 2 is 2.03 bits per heavy atom. The molecule has 0 aromatic carbocycles. The minimum Gasteiger partial charge on any atom is -0.387 e. The molecule has 0 fully saturated rings. The summed E-state index contributed by atoms with van der Waals surface area (Å²) >= 11 is 0.688. The number of amides is 1. The van der Waals surface area contributed by atoms with Crippen molar-refractivity contribution in [3.63, 3.8) is 0 Å². The molecule has 0 saturated heterocycles. The van der Waals surface area contributed by atoms with Crippen molar-refractivity contribution in [2.45, 2.75) is 31.8 Å². The molecule has 1 atom stereocenters. The minimum atomic E-state index is -4.65. The smallest absolute Gasteiger partial charge is 0.387 e. The van der Waals surface area contributed by atoms with Crippen molar-refractivity contribution in [2.75, 3.05) is 11.9 Å². The van der Waals surface area contributed by atoms with Gasteiger partial charge in [0, 0.05) is 11.6 Å². The van der Waals surface area contributed by atoms with Crippen molar-refractivity contribution < 1.29 is 27.5 Å². The number of alkyl halides is 4. The molecule has 1 amide bonds. The van der Waals surface area contributed by atoms with Crippen LogP contribution in [0.1, 0.15) is 35.5 Å². The second kappa shape index (κ2) is 9.75. The van der Waals surface area contributed by atoms with Gasteiger partial charge in [0.25, 0.3) is 5.91 Å². The van der Waals surface area contributed by atoms with Crippen LogP contribution >= 0.6 is 11.3 Å². The lowest BCUT2D eigenvalue weighted by Crippen LogP contribution is -2.42. The van der Waals surface area contributed by atoms with E-state index in [-0.39, 0.29) is 16.4 Å². The number of thiazole rings is 1. The summed E-state index contributed by atoms with van der Waals surface area (Å²) < 4.78 is 54.8. The molecule has 4 aromatic rings. The van der Waals surface area contributed by atoms with Crippen molar-refractivity contribution >= 4 is 33.6 Å². The third-order valence-corrected chi connectivity index (χ3v) is 6.04. The van der Waals surface area contributed by atoms with E-state index < -0.39 is 36.1 Å². The van der Waals surface area contributed by atoms with Crippen LogP contribution in [0.2, 0.25) is 0 Å². The maximum Gasteiger partial charge on any atom is 0.434 e. The van der Waals surface area contributed by atoms with Crippen LogP contribution in [0.25, 0.3) is 16.9 Å². The summed E-state index contributed by atoms with van der Waals surface area (Å²) in [5.74, 6) is -0.766. The molecule has 37 heavy (non-hydrogen) atoms. The van der Waals surface area contributed by atoms with Crippen LogP contribution in [0.4, 0.5) is 28.4 Å². The van der Waals surface area contributed by atoms with Crippen molar-refractivity contribution in [3.8, 4) is 17.5 Å². The Balaban J connectivity index is 1.71. The summed E-state index contributed by atoms with van der Waals surface area (Å²) in [6.45, 7) is 2.00. The first kappa shape index (κ1) is 26.0. The highest BCUT2D eigenvalue weighted by Gasteiger charge is 2.34. The molecule has 4 heterocycles. The normalized spacial score (nSPS) is 12.8. The van der Waals surface area contributed by atoms with E-state index in [4.69, 9.17) is 5.26 Å². The molecular formula is C23H19F4N7O2S. The number of fused-ring (bicyclic) bond motifs is 1. The van der Waals surface area contributed by atoms with E-state index in [1.165, 1.54) is 36.8 Å². The van der Waals surface area contributed by atoms with Crippen LogP contribution in [0, 0.1) is 11.3 Å². The maximum absolute atomic E-state index is 14.2. The van der Waals surface area contributed by atoms with E-state index in [1.54, 1.807) is 18.2 Å². The predicted molar refractivity (Wildman–Crippen MR) is 127 cm³/mol. The third-order valence-electron chi connectivity index (χ3n) is 5.29. The molecule has 3 N–H and O–H groups in total. The molecule has 0 aliphatic heterocycles. The molecule has 9 nitrogen and oxygen atoms in total. The van der Waals surface area contributed by atoms with E-state index in [0.717, 1.165) is 5.38 Å². The average Bonchev–Trinajstić information content (AvgIpc) is 3.48. The van der Waals surface area contributed by atoms with Gasteiger partial charge < -0.3 is 15.7 Å². The van der Waals surface area contributed by atoms with Gasteiger partial charge >= 0.3 is 6.18 Å². The topological polar surface area (TPSA) is 128 Å². The second-order valence-electron chi connectivity index (χ2n) is 8.52. The molecule has 0 unspecified atom stereocenters. The molecule has 0 aliphatic carbocycles. The van der Waals surface area contributed by atoms with E-state index in [1.807, 2.05) is 6.07 Å². The summed E-state index contributed by atoms with van der Waals surface area (Å²) in [6.07, 6.45) is -3.87. The molecule has 0 bridgehead atoms. The summed E-state index contributed by atoms with van der Waals surface area (Å²) in [6, 6.07) is 8.41. The zero-order valence-corrected chi connectivity index (χ0v) is 20.2. The fraction of sp³-hybridized carbons (Fsp3) is 0.261. The number of nitrogens with zero attached hydrogens (tertiary/aromatic N) is 5. The van der Waals surface area contributed by atoms with Crippen LogP contribution in [0.15, 0.2) is 42.0 Å². The van der Waals surface area contributed by atoms with E-state index in [0.29, 0.717) is 33.8 Å². The zero-order chi connectivity index (χ0) is 27.0. The van der Waals surface area contributed by atoms with Gasteiger partial charge in [0.05, 0.1) is 52.1 Å². The van der Waals surface area contributed by atoms with Crippen molar-refractivity contribution in [3.05, 3.63) is 58.9 Å². The van der Waals surface area contributed by atoms with Gasteiger partial charge in [0.2, 0.25) is 0 Å². The lowest BCUT2D eigenvalue weighted by molar-refractivity contribution is -0.140. The average molecular weight is 534 g/mol. The Morgan fingerprint density at radius 3 is 2.68 bits per heavy atom. The second-order valence-corrected chi connectivity index (χ2v) is 9.38. The first-order chi connectivity index (χ1) is 17.4. The number of nitriles is 1. The fourth-order valence-electron chi connectivity index (χ4n) is 3.24. The van der Waals surface area contributed by atoms with Gasteiger partial charge in [0.1, 0.15) is 12.2 Å². The van der Waals surface area contributed by atoms with Crippen molar-refractivity contribution in [2.24, 2.45) is 0 Å². The summed E-state index contributed by atoms with van der Waals surface area (Å²) in [5, 5.41) is 28.9. The monoisotopic (exact) mass is 533 g/mol. The van der Waals surface area contributed by atoms with Gasteiger partial charge in [-0.3, -0.25) is 9.78 Å². The summed E-state index contributed by atoms with van der Waals surface area (Å²) in [5.41, 5.74) is -1.08. The van der Waals surface area contributed by atoms with Crippen molar-refractivity contribution in [1.29, 1.82) is 5.26 Å². The number of nitrogens with one attached hydrogen (secondary N) is 2. The first-order valence-electron chi connectivity index (χ1n) is 10.7. The lowest BCUT2D eigenvalue weighted by Gasteiger charge is -2.22. The zero-order valence-electron chi connectivity index (χ0n) is 19.3. The Hall–Kier alpha value is -4.09. The number of carbonyl (C=O) groups excluding carboxylic acids is 1. The van der Waals surface area contributed by atoms with Crippen LogP contribution < -0.4 is 10.6 Å². The molecule has 192 valence electrons. The van der Waals surface area contributed by atoms with Crippen LogP contribution in [0.3, 0.4) is 0 Å². The predicted octanol–water partition coefficient (Wildman–Crippen LogP) is 4.33. The molecule has 0 radical (unpaired) electrons. The number of carbonyl (C=O) groups is 1. The quantitative estimate of drug-likeness (QED) is 0.302. The van der Waals surface area contributed by atoms with Crippen LogP contribution in [-0.4, -0.2) is 48.9 Å². The third kappa shape index (κ3) is 5.68. The lowest BCUT2D eigenvalue weighted by atomic mass is 10.0. The maximum atomic E-state index is 14.2. The molecule has 0 aliphatic rings. The number of pyridine rings is 1. The highest BCUT2D eigenvalue weighted by molar-refractivity contribution is 7.13. The number of anilines is 2. The highest BCUT2D eigenvalue weighted by atomic mass is 32.1. The number of aromatic nitrogens is 4. The highest BCUT2D eigenvalue weighted by Crippen LogP contribution is 2.34. The van der Waals surface area contributed by atoms with E-state index in [9.17, 15) is 27.5 Å². The molecule has 4 rings (SSSR count). The molecular weight excluding hydrogens is 514 g/mol. The Bertz CT molecular complexity index is 1500. The fourth-order valence-corrected chi connectivity index (χ4v) is 3.97. The molecule has 0 saturated carbocycles. The Kier molecular flexibility index (Phi) is 6.85. The Morgan fingerprint density at radius 1 is 1.27 bits per heavy atom. The number of hydrogen-bond donors (Lipinski definition) is 3. The van der Waals surface area contributed by atoms with E-state index in [2.05, 4.69) is 25.7 Å². The van der Waals surface area contributed by atoms with Gasteiger partial charge in [-0.25, -0.2) is 13.9 Å². The summed E-state index contributed by atoms with van der Waals surface area (Å²) in [7, 11) is 0. The number of aliphatic hydroxyl groups is 1. The number of hydrogen-bond acceptors (Lipinski definition) is 8. The van der Waals surface area contributed by atoms with Gasteiger partial charge in [-0.05, 0) is 38.1 Å². The van der Waals surface area contributed by atoms with Crippen molar-refractivity contribution in [1.82, 2.24) is 24.9 Å². The van der Waals surface area contributed by atoms with Gasteiger partial charge in [-0.1, -0.05) is 0 Å². The Labute approximate surface area is 211 Å². The molecule has 4 aromatic heterocycles. The van der Waals surface area contributed by atoms with Gasteiger partial charge in [-0.2, -0.15) is 23.5 Å². The van der Waals surface area contributed by atoms with E-state index >= 15 is 0 Å². The van der Waals surface area contributed by atoms with Crippen LogP contribution in [-0.2, 0) is 6.18 Å². The largest absolute Gasteiger partial charge is 0.434 e. The molecule has 14 heteroatoms. The molecule has 0 spiro atoms. The SMILES string of the molecule is CC(C)(O)[C@H](F)CNC(=O)c1cnc(-c2ccc3cc(C#N)cnn23)cc1Nc1nc(C(F)(F)F)cs1. The standard InChI is InChI=1S/C23H19F4N7O2S/c1-22(2,36)18(24)10-30-20(35)14-9-29-16(17-4-3-13-5-12(7-28)8-31-34(13)17)6-15(14)32-21-33-19(11-37-21)23(25,26)27/h3-6,8-9,11,18,36H,10H2,1-2H3,(H,30,35)(H,29,32,33)/t18-/m1/s1. The van der Waals surface area contributed by atoms with Gasteiger partial charge in [-0.15, -0.1) is 11.3 Å². The minimum absolute atomic E-state index is 0.0628. The van der Waals surface area contributed by atoms with Crippen LogP contribution in [0.5, 0.6) is 0 Å². The first-order valence-corrected chi connectivity index (χ1v) is 11.6. The summed E-state index contributed by atoms with van der Waals surface area (Å²) in [4.78, 5) is 20.7. The van der Waals surface area contributed by atoms with Gasteiger partial charge in [0.15, 0.2) is 10.8 Å². The number of rotatable bonds is 7.